The van der Waals surface area contributed by atoms with Crippen LogP contribution in [0.25, 0.3) is 11.4 Å². The Kier molecular flexibility index (Phi) is 4.49. The zero-order valence-corrected chi connectivity index (χ0v) is 11.9. The lowest BCUT2D eigenvalue weighted by molar-refractivity contribution is 0.373. The third-order valence-electron chi connectivity index (χ3n) is 2.63. The average Bonchev–Trinajstić information content (AvgIpc) is 2.78. The first-order chi connectivity index (χ1) is 8.66. The molecular formula is C13H16BrN3O. The molecule has 0 aliphatic rings. The van der Waals surface area contributed by atoms with Gasteiger partial charge in [-0.15, -0.1) is 0 Å². The molecule has 5 heteroatoms. The van der Waals surface area contributed by atoms with Crippen LogP contribution in [0, 0.1) is 0 Å². The summed E-state index contributed by atoms with van der Waals surface area (Å²) in [6, 6.07) is 8.04. The van der Waals surface area contributed by atoms with Crippen LogP contribution in [0.4, 0.5) is 0 Å². The van der Waals surface area contributed by atoms with E-state index in [1.54, 1.807) is 0 Å². The van der Waals surface area contributed by atoms with Gasteiger partial charge >= 0.3 is 0 Å². The van der Waals surface area contributed by atoms with Crippen molar-refractivity contribution in [2.45, 2.75) is 32.2 Å². The lowest BCUT2D eigenvalue weighted by Gasteiger charge is -2.00. The Labute approximate surface area is 115 Å². The van der Waals surface area contributed by atoms with Crippen molar-refractivity contribution in [3.8, 4) is 11.4 Å². The van der Waals surface area contributed by atoms with E-state index in [9.17, 15) is 0 Å². The highest BCUT2D eigenvalue weighted by Crippen LogP contribution is 2.25. The standard InChI is InChI=1S/C13H16BrN3O/c1-9(15)5-4-8-12-16-13(17-18-12)10-6-2-3-7-11(10)14/h2-3,6-7,9H,4-5,8,15H2,1H3. The van der Waals surface area contributed by atoms with Crippen molar-refractivity contribution in [2.24, 2.45) is 5.73 Å². The molecule has 0 spiro atoms. The first-order valence-corrected chi connectivity index (χ1v) is 6.79. The van der Waals surface area contributed by atoms with Crippen LogP contribution < -0.4 is 5.73 Å². The zero-order valence-electron chi connectivity index (χ0n) is 10.3. The summed E-state index contributed by atoms with van der Waals surface area (Å²) in [4.78, 5) is 4.39. The van der Waals surface area contributed by atoms with E-state index < -0.39 is 0 Å². The topological polar surface area (TPSA) is 64.9 Å². The van der Waals surface area contributed by atoms with Crippen LogP contribution in [0.1, 0.15) is 25.7 Å². The molecule has 2 N–H and O–H groups in total. The van der Waals surface area contributed by atoms with Gasteiger partial charge in [-0.2, -0.15) is 4.98 Å². The van der Waals surface area contributed by atoms with Crippen LogP contribution in [0.3, 0.4) is 0 Å². The molecule has 96 valence electrons. The Morgan fingerprint density at radius 1 is 1.39 bits per heavy atom. The van der Waals surface area contributed by atoms with Gasteiger partial charge in [-0.25, -0.2) is 0 Å². The van der Waals surface area contributed by atoms with Crippen LogP contribution in [-0.2, 0) is 6.42 Å². The summed E-state index contributed by atoms with van der Waals surface area (Å²) < 4.78 is 6.20. The lowest BCUT2D eigenvalue weighted by atomic mass is 10.1. The van der Waals surface area contributed by atoms with Crippen LogP contribution in [-0.4, -0.2) is 16.2 Å². The molecular weight excluding hydrogens is 294 g/mol. The van der Waals surface area contributed by atoms with Crippen molar-refractivity contribution in [1.82, 2.24) is 10.1 Å². The lowest BCUT2D eigenvalue weighted by Crippen LogP contribution is -2.14. The molecule has 0 bridgehead atoms. The van der Waals surface area contributed by atoms with E-state index in [0.717, 1.165) is 29.3 Å². The second-order valence-corrected chi connectivity index (χ2v) is 5.22. The smallest absolute Gasteiger partial charge is 0.226 e. The quantitative estimate of drug-likeness (QED) is 0.921. The van der Waals surface area contributed by atoms with Gasteiger partial charge in [0.2, 0.25) is 11.7 Å². The number of hydrogen-bond donors (Lipinski definition) is 1. The Bertz CT molecular complexity index is 510. The monoisotopic (exact) mass is 309 g/mol. The van der Waals surface area contributed by atoms with Crippen molar-refractivity contribution in [2.75, 3.05) is 0 Å². The van der Waals surface area contributed by atoms with Gasteiger partial charge < -0.3 is 10.3 Å². The molecule has 2 rings (SSSR count). The van der Waals surface area contributed by atoms with Crippen molar-refractivity contribution in [1.29, 1.82) is 0 Å². The number of nitrogens with two attached hydrogens (primary N) is 1. The fourth-order valence-corrected chi connectivity index (χ4v) is 2.15. The van der Waals surface area contributed by atoms with Gasteiger partial charge in [-0.3, -0.25) is 0 Å². The summed E-state index contributed by atoms with van der Waals surface area (Å²) in [5, 5.41) is 4.00. The Morgan fingerprint density at radius 3 is 2.89 bits per heavy atom. The fourth-order valence-electron chi connectivity index (χ4n) is 1.68. The Morgan fingerprint density at radius 2 is 2.17 bits per heavy atom. The molecule has 18 heavy (non-hydrogen) atoms. The van der Waals surface area contributed by atoms with E-state index >= 15 is 0 Å². The minimum absolute atomic E-state index is 0.218. The first-order valence-electron chi connectivity index (χ1n) is 6.00. The van der Waals surface area contributed by atoms with Crippen LogP contribution in [0.2, 0.25) is 0 Å². The molecule has 1 aromatic heterocycles. The number of nitrogens with zero attached hydrogens (tertiary/aromatic N) is 2. The van der Waals surface area contributed by atoms with E-state index in [-0.39, 0.29) is 6.04 Å². The zero-order chi connectivity index (χ0) is 13.0. The fraction of sp³-hybridized carbons (Fsp3) is 0.385. The van der Waals surface area contributed by atoms with Crippen molar-refractivity contribution in [3.05, 3.63) is 34.6 Å². The number of aryl methyl sites for hydroxylation is 1. The third-order valence-corrected chi connectivity index (χ3v) is 3.32. The molecule has 4 nitrogen and oxygen atoms in total. The minimum atomic E-state index is 0.218. The maximum Gasteiger partial charge on any atom is 0.226 e. The van der Waals surface area contributed by atoms with Crippen LogP contribution in [0.5, 0.6) is 0 Å². The van der Waals surface area contributed by atoms with Gasteiger partial charge in [0.1, 0.15) is 0 Å². The first kappa shape index (κ1) is 13.2. The second-order valence-electron chi connectivity index (χ2n) is 4.36. The van der Waals surface area contributed by atoms with E-state index in [4.69, 9.17) is 10.3 Å². The molecule has 0 radical (unpaired) electrons. The summed E-state index contributed by atoms with van der Waals surface area (Å²) in [6.07, 6.45) is 2.71. The minimum Gasteiger partial charge on any atom is -0.339 e. The maximum atomic E-state index is 5.70. The number of halogens is 1. The van der Waals surface area contributed by atoms with Crippen molar-refractivity contribution in [3.63, 3.8) is 0 Å². The molecule has 0 aliphatic heterocycles. The maximum absolute atomic E-state index is 5.70. The summed E-state index contributed by atoms with van der Waals surface area (Å²) in [5.41, 5.74) is 6.64. The Hall–Kier alpha value is -1.20. The molecule has 0 saturated carbocycles. The summed E-state index contributed by atoms with van der Waals surface area (Å²) in [7, 11) is 0. The number of hydrogen-bond acceptors (Lipinski definition) is 4. The predicted octanol–water partition coefficient (Wildman–Crippen LogP) is 3.17. The van der Waals surface area contributed by atoms with E-state index in [0.29, 0.717) is 11.7 Å². The molecule has 0 saturated heterocycles. The molecule has 1 aromatic carbocycles. The predicted molar refractivity (Wildman–Crippen MR) is 74.0 cm³/mol. The van der Waals surface area contributed by atoms with Crippen LogP contribution in [0.15, 0.2) is 33.3 Å². The molecule has 1 atom stereocenters. The average molecular weight is 310 g/mol. The number of benzene rings is 1. The highest BCUT2D eigenvalue weighted by molar-refractivity contribution is 9.10. The van der Waals surface area contributed by atoms with Crippen molar-refractivity contribution >= 4 is 15.9 Å². The number of aromatic nitrogens is 2. The second kappa shape index (κ2) is 6.11. The van der Waals surface area contributed by atoms with Crippen molar-refractivity contribution < 1.29 is 4.52 Å². The van der Waals surface area contributed by atoms with E-state index in [1.807, 2.05) is 31.2 Å². The molecule has 2 aromatic rings. The largest absolute Gasteiger partial charge is 0.339 e. The normalized spacial score (nSPS) is 12.6. The van der Waals surface area contributed by atoms with Gasteiger partial charge in [0.05, 0.1) is 0 Å². The van der Waals surface area contributed by atoms with Gasteiger partial charge in [0.15, 0.2) is 0 Å². The summed E-state index contributed by atoms with van der Waals surface area (Å²) in [6.45, 7) is 2.00. The molecule has 0 fully saturated rings. The molecule has 0 aliphatic carbocycles. The highest BCUT2D eigenvalue weighted by Gasteiger charge is 2.10. The van der Waals surface area contributed by atoms with Gasteiger partial charge in [-0.05, 0) is 31.9 Å². The summed E-state index contributed by atoms with van der Waals surface area (Å²) >= 11 is 3.48. The Balaban J connectivity index is 2.04. The van der Waals surface area contributed by atoms with E-state index in [1.165, 1.54) is 0 Å². The van der Waals surface area contributed by atoms with Crippen LogP contribution >= 0.6 is 15.9 Å². The van der Waals surface area contributed by atoms with Gasteiger partial charge in [0.25, 0.3) is 0 Å². The number of rotatable bonds is 5. The van der Waals surface area contributed by atoms with E-state index in [2.05, 4.69) is 26.1 Å². The third kappa shape index (κ3) is 3.40. The highest BCUT2D eigenvalue weighted by atomic mass is 79.9. The van der Waals surface area contributed by atoms with Gasteiger partial charge in [0, 0.05) is 22.5 Å². The van der Waals surface area contributed by atoms with Gasteiger partial charge in [-0.1, -0.05) is 33.2 Å². The molecule has 1 heterocycles. The molecule has 0 amide bonds. The SMILES string of the molecule is CC(N)CCCc1nc(-c2ccccc2Br)no1. The summed E-state index contributed by atoms with van der Waals surface area (Å²) in [5.74, 6) is 1.29. The molecule has 1 unspecified atom stereocenters.